The summed E-state index contributed by atoms with van der Waals surface area (Å²) < 4.78 is 27.7. The number of methoxy groups -OCH3 is 3. The van der Waals surface area contributed by atoms with Crippen LogP contribution in [0.3, 0.4) is 0 Å². The monoisotopic (exact) mass is 474 g/mol. The molecule has 0 radical (unpaired) electrons. The van der Waals surface area contributed by atoms with Crippen LogP contribution < -0.4 is 23.7 Å². The number of phenolic OH excluding ortho intramolecular Hbond substituents is 1. The predicted molar refractivity (Wildman–Crippen MR) is 126 cm³/mol. The highest BCUT2D eigenvalue weighted by Gasteiger charge is 2.38. The van der Waals surface area contributed by atoms with E-state index in [1.807, 2.05) is 6.07 Å². The number of rotatable bonds is 5. The molecule has 0 spiro atoms. The Hall–Kier alpha value is -4.46. The number of aromatic hydroxyl groups is 1. The fourth-order valence-corrected chi connectivity index (χ4v) is 4.47. The molecule has 0 saturated heterocycles. The maximum atomic E-state index is 13.3. The molecule has 8 nitrogen and oxygen atoms in total. The summed E-state index contributed by atoms with van der Waals surface area (Å²) >= 11 is 0. The summed E-state index contributed by atoms with van der Waals surface area (Å²) in [6, 6.07) is 13.3. The molecule has 2 aliphatic heterocycles. The third kappa shape index (κ3) is 3.82. The highest BCUT2D eigenvalue weighted by Crippen LogP contribution is 2.49. The average molecular weight is 474 g/mol. The minimum atomic E-state index is -0.443. The third-order valence-electron chi connectivity index (χ3n) is 6.04. The first-order chi connectivity index (χ1) is 16.9. The van der Waals surface area contributed by atoms with Crippen molar-refractivity contribution in [2.45, 2.75) is 12.3 Å². The van der Waals surface area contributed by atoms with Crippen LogP contribution in [0.4, 0.5) is 0 Å². The second-order valence-electron chi connectivity index (χ2n) is 8.08. The quantitative estimate of drug-likeness (QED) is 0.328. The SMILES string of the molecule is COc1cc(/C=C2\Oc3c(ccc4c3[C@H](c3cccc(O)c3)CC(=O)O4)C2=O)cc(OC)c1OC. The number of hydrogen-bond donors (Lipinski definition) is 1. The van der Waals surface area contributed by atoms with Crippen LogP contribution in [0.1, 0.15) is 39.4 Å². The molecule has 2 heterocycles. The molecule has 5 rings (SSSR count). The number of carbonyl (C=O) groups excluding carboxylic acids is 2. The first-order valence-corrected chi connectivity index (χ1v) is 10.8. The van der Waals surface area contributed by atoms with Crippen LogP contribution in [0.5, 0.6) is 34.5 Å². The number of fused-ring (bicyclic) bond motifs is 3. The van der Waals surface area contributed by atoms with Crippen molar-refractivity contribution in [3.8, 4) is 34.5 Å². The lowest BCUT2D eigenvalue weighted by Crippen LogP contribution is -2.21. The fourth-order valence-electron chi connectivity index (χ4n) is 4.47. The molecular weight excluding hydrogens is 452 g/mol. The molecule has 0 aromatic heterocycles. The smallest absolute Gasteiger partial charge is 0.312 e. The van der Waals surface area contributed by atoms with Gasteiger partial charge in [0.05, 0.1) is 33.3 Å². The summed E-state index contributed by atoms with van der Waals surface area (Å²) in [5.41, 5.74) is 2.29. The molecule has 1 atom stereocenters. The molecule has 0 bridgehead atoms. The van der Waals surface area contributed by atoms with Crippen molar-refractivity contribution in [3.63, 3.8) is 0 Å². The van der Waals surface area contributed by atoms with Crippen LogP contribution >= 0.6 is 0 Å². The van der Waals surface area contributed by atoms with Gasteiger partial charge in [0.15, 0.2) is 17.3 Å². The number of phenols is 1. The molecule has 0 fully saturated rings. The number of hydrogen-bond acceptors (Lipinski definition) is 8. The van der Waals surface area contributed by atoms with E-state index in [2.05, 4.69) is 0 Å². The second-order valence-corrected chi connectivity index (χ2v) is 8.08. The molecule has 0 unspecified atom stereocenters. The van der Waals surface area contributed by atoms with Crippen molar-refractivity contribution in [3.05, 3.63) is 76.5 Å². The van der Waals surface area contributed by atoms with E-state index in [1.54, 1.807) is 48.5 Å². The number of benzene rings is 3. The molecule has 0 aliphatic carbocycles. The highest BCUT2D eigenvalue weighted by atomic mass is 16.5. The summed E-state index contributed by atoms with van der Waals surface area (Å²) in [7, 11) is 4.53. The second kappa shape index (κ2) is 8.72. The van der Waals surface area contributed by atoms with Gasteiger partial charge in [0.1, 0.15) is 17.2 Å². The van der Waals surface area contributed by atoms with Crippen molar-refractivity contribution in [1.29, 1.82) is 0 Å². The Morgan fingerprint density at radius 1 is 0.943 bits per heavy atom. The van der Waals surface area contributed by atoms with Gasteiger partial charge in [-0.2, -0.15) is 0 Å². The molecule has 8 heteroatoms. The summed E-state index contributed by atoms with van der Waals surface area (Å²) in [5, 5.41) is 9.98. The Morgan fingerprint density at radius 3 is 2.34 bits per heavy atom. The Morgan fingerprint density at radius 2 is 1.69 bits per heavy atom. The number of allylic oxidation sites excluding steroid dienone is 1. The predicted octanol–water partition coefficient (Wildman–Crippen LogP) is 4.48. The molecule has 0 amide bonds. The van der Waals surface area contributed by atoms with E-state index in [1.165, 1.54) is 21.3 Å². The Bertz CT molecular complexity index is 1360. The van der Waals surface area contributed by atoms with Crippen molar-refractivity contribution in [2.75, 3.05) is 21.3 Å². The van der Waals surface area contributed by atoms with E-state index in [-0.39, 0.29) is 23.7 Å². The van der Waals surface area contributed by atoms with E-state index in [0.29, 0.717) is 45.4 Å². The lowest BCUT2D eigenvalue weighted by molar-refractivity contribution is -0.135. The van der Waals surface area contributed by atoms with E-state index in [4.69, 9.17) is 23.7 Å². The largest absolute Gasteiger partial charge is 0.508 e. The Kier molecular flexibility index (Phi) is 5.56. The molecular formula is C27H22O8. The van der Waals surface area contributed by atoms with E-state index < -0.39 is 11.9 Å². The van der Waals surface area contributed by atoms with Crippen LogP contribution in [0.15, 0.2) is 54.3 Å². The zero-order valence-corrected chi connectivity index (χ0v) is 19.3. The van der Waals surface area contributed by atoms with Crippen LogP contribution in [-0.4, -0.2) is 38.2 Å². The molecule has 178 valence electrons. The number of carbonyl (C=O) groups is 2. The molecule has 3 aromatic carbocycles. The van der Waals surface area contributed by atoms with Crippen LogP contribution in [0, 0.1) is 0 Å². The lowest BCUT2D eigenvalue weighted by Gasteiger charge is -2.26. The summed E-state index contributed by atoms with van der Waals surface area (Å²) in [6.45, 7) is 0. The van der Waals surface area contributed by atoms with Crippen molar-refractivity contribution in [2.24, 2.45) is 0 Å². The minimum Gasteiger partial charge on any atom is -0.508 e. The summed E-state index contributed by atoms with van der Waals surface area (Å²) in [6.07, 6.45) is 1.65. The summed E-state index contributed by atoms with van der Waals surface area (Å²) in [5.74, 6) is 1.02. The average Bonchev–Trinajstić information content (AvgIpc) is 3.17. The number of esters is 1. The Balaban J connectivity index is 1.60. The Labute approximate surface area is 201 Å². The van der Waals surface area contributed by atoms with Gasteiger partial charge < -0.3 is 28.8 Å². The molecule has 35 heavy (non-hydrogen) atoms. The van der Waals surface area contributed by atoms with Crippen molar-refractivity contribution < 1.29 is 38.4 Å². The molecule has 1 N–H and O–H groups in total. The normalized spacial score (nSPS) is 17.3. The maximum Gasteiger partial charge on any atom is 0.312 e. The topological polar surface area (TPSA) is 101 Å². The third-order valence-corrected chi connectivity index (χ3v) is 6.04. The van der Waals surface area contributed by atoms with Crippen LogP contribution in [0.2, 0.25) is 0 Å². The van der Waals surface area contributed by atoms with E-state index in [9.17, 15) is 14.7 Å². The molecule has 3 aromatic rings. The maximum absolute atomic E-state index is 13.3. The number of Topliss-reactive ketones (excluding diaryl/α,β-unsaturated/α-hetero) is 1. The zero-order chi connectivity index (χ0) is 24.7. The zero-order valence-electron chi connectivity index (χ0n) is 19.3. The van der Waals surface area contributed by atoms with Gasteiger partial charge in [0.25, 0.3) is 0 Å². The first kappa shape index (κ1) is 22.3. The number of ketones is 1. The van der Waals surface area contributed by atoms with Gasteiger partial charge in [-0.15, -0.1) is 0 Å². The van der Waals surface area contributed by atoms with Gasteiger partial charge in [-0.25, -0.2) is 0 Å². The highest BCUT2D eigenvalue weighted by molar-refractivity contribution is 6.15. The molecule has 0 saturated carbocycles. The van der Waals surface area contributed by atoms with Gasteiger partial charge in [-0.3, -0.25) is 9.59 Å². The van der Waals surface area contributed by atoms with E-state index >= 15 is 0 Å². The minimum absolute atomic E-state index is 0.0520. The van der Waals surface area contributed by atoms with Gasteiger partial charge in [-0.05, 0) is 53.6 Å². The van der Waals surface area contributed by atoms with Crippen LogP contribution in [-0.2, 0) is 4.79 Å². The van der Waals surface area contributed by atoms with E-state index in [0.717, 1.165) is 5.56 Å². The van der Waals surface area contributed by atoms with Crippen LogP contribution in [0.25, 0.3) is 6.08 Å². The van der Waals surface area contributed by atoms with Gasteiger partial charge in [-0.1, -0.05) is 12.1 Å². The number of ether oxygens (including phenoxy) is 5. The van der Waals surface area contributed by atoms with Crippen molar-refractivity contribution in [1.82, 2.24) is 0 Å². The summed E-state index contributed by atoms with van der Waals surface area (Å²) in [4.78, 5) is 25.6. The fraction of sp³-hybridized carbons (Fsp3) is 0.185. The van der Waals surface area contributed by atoms with Gasteiger partial charge in [0, 0.05) is 11.5 Å². The van der Waals surface area contributed by atoms with Gasteiger partial charge >= 0.3 is 5.97 Å². The van der Waals surface area contributed by atoms with Crippen molar-refractivity contribution >= 4 is 17.8 Å². The molecule has 2 aliphatic rings. The van der Waals surface area contributed by atoms with Gasteiger partial charge in [0.2, 0.25) is 11.5 Å². The lowest BCUT2D eigenvalue weighted by atomic mass is 9.84. The first-order valence-electron chi connectivity index (χ1n) is 10.8. The standard InChI is InChI=1S/C27H22O8/c1-31-21-10-14(11-22(32-2)27(21)33-3)9-20-25(30)17-7-8-19-24(26(17)35-20)18(13-23(29)34-19)15-5-4-6-16(28)12-15/h4-12,18,28H,13H2,1-3H3/b20-9-/t18-/m0/s1.